The predicted octanol–water partition coefficient (Wildman–Crippen LogP) is 0.778. The molecule has 6 rings (SSSR count). The first-order chi connectivity index (χ1) is 14.1. The summed E-state index contributed by atoms with van der Waals surface area (Å²) < 4.78 is 5.78. The zero-order valence-corrected chi connectivity index (χ0v) is 16.7. The number of morpholine rings is 1. The number of nitrogens with two attached hydrogens (primary N) is 1. The highest BCUT2D eigenvalue weighted by Crippen LogP contribution is 2.40. The summed E-state index contributed by atoms with van der Waals surface area (Å²) in [6, 6.07) is 2.46. The third-order valence-corrected chi connectivity index (χ3v) is 7.06. The first kappa shape index (κ1) is 17.3. The van der Waals surface area contributed by atoms with E-state index >= 15 is 0 Å². The fourth-order valence-corrected chi connectivity index (χ4v) is 5.29. The Hall–Kier alpha value is -2.52. The Morgan fingerprint density at radius 1 is 1.21 bits per heavy atom. The van der Waals surface area contributed by atoms with Crippen molar-refractivity contribution in [1.29, 1.82) is 0 Å². The van der Waals surface area contributed by atoms with Gasteiger partial charge >= 0.3 is 0 Å². The van der Waals surface area contributed by atoms with Crippen LogP contribution in [-0.4, -0.2) is 82.4 Å². The van der Waals surface area contributed by atoms with Crippen LogP contribution < -0.4 is 15.5 Å². The Morgan fingerprint density at radius 3 is 2.69 bits per heavy atom. The van der Waals surface area contributed by atoms with Crippen molar-refractivity contribution in [1.82, 2.24) is 24.8 Å². The lowest BCUT2D eigenvalue weighted by molar-refractivity contribution is 0.0988. The van der Waals surface area contributed by atoms with Crippen molar-refractivity contribution in [2.45, 2.75) is 36.9 Å². The van der Waals surface area contributed by atoms with E-state index in [-0.39, 0.29) is 5.95 Å². The molecule has 9 nitrogen and oxygen atoms in total. The fraction of sp³-hybridized carbons (Fsp3) is 0.600. The van der Waals surface area contributed by atoms with E-state index in [0.29, 0.717) is 17.7 Å². The third kappa shape index (κ3) is 2.75. The molecule has 0 amide bonds. The molecule has 0 radical (unpaired) electrons. The second-order valence-corrected chi connectivity index (χ2v) is 8.84. The quantitative estimate of drug-likeness (QED) is 0.810. The van der Waals surface area contributed by atoms with Gasteiger partial charge in [-0.25, -0.2) is 15.0 Å². The minimum Gasteiger partial charge on any atom is -0.374 e. The molecule has 4 saturated heterocycles. The molecule has 2 atom stereocenters. The molecule has 6 heterocycles. The number of hydrogen-bond donors (Lipinski definition) is 1. The second-order valence-electron chi connectivity index (χ2n) is 8.84. The van der Waals surface area contributed by atoms with E-state index < -0.39 is 0 Å². The molecule has 0 unspecified atom stereocenters. The normalized spacial score (nSPS) is 27.8. The van der Waals surface area contributed by atoms with Gasteiger partial charge in [0, 0.05) is 43.7 Å². The maximum atomic E-state index is 5.78. The van der Waals surface area contributed by atoms with E-state index in [4.69, 9.17) is 20.4 Å². The SMILES string of the molecule is CN1CCCC12CN(c1nc(-c3cnc(N)nc3)cc(N3C[C@@H]4C[C@H]3CO4)n1)C2. The van der Waals surface area contributed by atoms with E-state index in [1.807, 2.05) is 0 Å². The molecule has 2 bridgehead atoms. The summed E-state index contributed by atoms with van der Waals surface area (Å²) >= 11 is 0. The van der Waals surface area contributed by atoms with Crippen molar-refractivity contribution in [2.75, 3.05) is 55.4 Å². The highest BCUT2D eigenvalue weighted by molar-refractivity contribution is 5.65. The number of anilines is 3. The lowest BCUT2D eigenvalue weighted by atomic mass is 9.87. The van der Waals surface area contributed by atoms with Crippen LogP contribution in [-0.2, 0) is 4.74 Å². The number of hydrogen-bond acceptors (Lipinski definition) is 9. The van der Waals surface area contributed by atoms with Gasteiger partial charge in [-0.3, -0.25) is 4.90 Å². The van der Waals surface area contributed by atoms with Gasteiger partial charge in [0.05, 0.1) is 30.0 Å². The van der Waals surface area contributed by atoms with Crippen molar-refractivity contribution in [2.24, 2.45) is 0 Å². The average Bonchev–Trinajstić information content (AvgIpc) is 3.42. The molecule has 9 heteroatoms. The third-order valence-electron chi connectivity index (χ3n) is 7.06. The van der Waals surface area contributed by atoms with Crippen LogP contribution in [0.5, 0.6) is 0 Å². The minimum absolute atomic E-state index is 0.270. The Labute approximate surface area is 169 Å². The molecule has 29 heavy (non-hydrogen) atoms. The summed E-state index contributed by atoms with van der Waals surface area (Å²) in [5.74, 6) is 2.04. The standard InChI is InChI=1S/C20H26N8O/c1-26-4-2-3-20(26)11-27(12-20)19-24-16(13-7-22-18(21)23-8-13)6-17(25-19)28-9-15-5-14(28)10-29-15/h6-8,14-15H,2-5,9-12H2,1H3,(H2,21,22,23)/t14-,15-/m0/s1. The molecule has 4 aliphatic rings. The van der Waals surface area contributed by atoms with E-state index in [0.717, 1.165) is 55.7 Å². The van der Waals surface area contributed by atoms with E-state index in [9.17, 15) is 0 Å². The van der Waals surface area contributed by atoms with E-state index in [1.54, 1.807) is 12.4 Å². The molecule has 0 saturated carbocycles. The maximum Gasteiger partial charge on any atom is 0.228 e. The number of rotatable bonds is 3. The van der Waals surface area contributed by atoms with Crippen molar-refractivity contribution in [3.8, 4) is 11.3 Å². The van der Waals surface area contributed by atoms with E-state index in [2.05, 4.69) is 37.8 Å². The Kier molecular flexibility index (Phi) is 3.73. The summed E-state index contributed by atoms with van der Waals surface area (Å²) in [6.07, 6.45) is 7.40. The Balaban J connectivity index is 1.35. The summed E-state index contributed by atoms with van der Waals surface area (Å²) in [4.78, 5) is 25.3. The lowest BCUT2D eigenvalue weighted by Crippen LogP contribution is -2.67. The van der Waals surface area contributed by atoms with Crippen molar-refractivity contribution in [3.63, 3.8) is 0 Å². The van der Waals surface area contributed by atoms with Gasteiger partial charge in [0.1, 0.15) is 5.82 Å². The summed E-state index contributed by atoms with van der Waals surface area (Å²) in [5.41, 5.74) is 7.67. The first-order valence-electron chi connectivity index (χ1n) is 10.4. The second kappa shape index (κ2) is 6.24. The topological polar surface area (TPSA) is 96.5 Å². The zero-order chi connectivity index (χ0) is 19.6. The smallest absolute Gasteiger partial charge is 0.228 e. The molecule has 152 valence electrons. The number of nitrogen functional groups attached to an aromatic ring is 1. The number of ether oxygens (including phenoxy) is 1. The van der Waals surface area contributed by atoms with Crippen LogP contribution >= 0.6 is 0 Å². The Morgan fingerprint density at radius 2 is 2.03 bits per heavy atom. The van der Waals surface area contributed by atoms with Gasteiger partial charge in [-0.2, -0.15) is 4.98 Å². The molecule has 0 aliphatic carbocycles. The molecular weight excluding hydrogens is 368 g/mol. The molecule has 4 aliphatic heterocycles. The van der Waals surface area contributed by atoms with Crippen LogP contribution in [0, 0.1) is 0 Å². The molecule has 0 aromatic carbocycles. The molecule has 4 fully saturated rings. The summed E-state index contributed by atoms with van der Waals surface area (Å²) in [5, 5.41) is 0. The number of fused-ring (bicyclic) bond motifs is 2. The fourth-order valence-electron chi connectivity index (χ4n) is 5.29. The lowest BCUT2D eigenvalue weighted by Gasteiger charge is -2.52. The number of likely N-dealkylation sites (N-methyl/N-ethyl adjacent to an activating group) is 1. The van der Waals surface area contributed by atoms with Gasteiger partial charge in [0.25, 0.3) is 0 Å². The van der Waals surface area contributed by atoms with Gasteiger partial charge < -0.3 is 20.3 Å². The van der Waals surface area contributed by atoms with Gasteiger partial charge in [-0.05, 0) is 32.9 Å². The molecule has 2 N–H and O–H groups in total. The van der Waals surface area contributed by atoms with Crippen molar-refractivity contribution < 1.29 is 4.74 Å². The average molecular weight is 394 g/mol. The number of aromatic nitrogens is 4. The molecule has 2 aromatic heterocycles. The van der Waals surface area contributed by atoms with Crippen LogP contribution in [0.25, 0.3) is 11.3 Å². The van der Waals surface area contributed by atoms with Gasteiger partial charge in [-0.1, -0.05) is 0 Å². The molecule has 2 aromatic rings. The summed E-state index contributed by atoms with van der Waals surface area (Å²) in [7, 11) is 2.24. The monoisotopic (exact) mass is 394 g/mol. The predicted molar refractivity (Wildman–Crippen MR) is 110 cm³/mol. The van der Waals surface area contributed by atoms with E-state index in [1.165, 1.54) is 19.4 Å². The van der Waals surface area contributed by atoms with Crippen LogP contribution in [0.4, 0.5) is 17.7 Å². The Bertz CT molecular complexity index is 929. The van der Waals surface area contributed by atoms with Crippen molar-refractivity contribution >= 4 is 17.7 Å². The highest BCUT2D eigenvalue weighted by Gasteiger charge is 2.49. The minimum atomic E-state index is 0.270. The van der Waals surface area contributed by atoms with Gasteiger partial charge in [0.2, 0.25) is 11.9 Å². The van der Waals surface area contributed by atoms with Crippen LogP contribution in [0.3, 0.4) is 0 Å². The number of likely N-dealkylation sites (tertiary alicyclic amines) is 1. The van der Waals surface area contributed by atoms with Crippen LogP contribution in [0.2, 0.25) is 0 Å². The largest absolute Gasteiger partial charge is 0.374 e. The van der Waals surface area contributed by atoms with Gasteiger partial charge in [-0.15, -0.1) is 0 Å². The maximum absolute atomic E-state index is 5.78. The van der Waals surface area contributed by atoms with Crippen LogP contribution in [0.1, 0.15) is 19.3 Å². The van der Waals surface area contributed by atoms with Crippen molar-refractivity contribution in [3.05, 3.63) is 18.5 Å². The highest BCUT2D eigenvalue weighted by atomic mass is 16.5. The molecular formula is C20H26N8O. The van der Waals surface area contributed by atoms with Crippen LogP contribution in [0.15, 0.2) is 18.5 Å². The molecule has 1 spiro atoms. The van der Waals surface area contributed by atoms with Gasteiger partial charge in [0.15, 0.2) is 0 Å². The zero-order valence-electron chi connectivity index (χ0n) is 16.7. The number of nitrogens with zero attached hydrogens (tertiary/aromatic N) is 7. The first-order valence-corrected chi connectivity index (χ1v) is 10.4. The summed E-state index contributed by atoms with van der Waals surface area (Å²) in [6.45, 7) is 4.83.